The van der Waals surface area contributed by atoms with Crippen molar-refractivity contribution >= 4 is 16.8 Å². The zero-order valence-electron chi connectivity index (χ0n) is 14.2. The maximum absolute atomic E-state index is 13.1. The number of hydrogen-bond donors (Lipinski definition) is 1. The summed E-state index contributed by atoms with van der Waals surface area (Å²) in [6, 6.07) is 9.70. The Bertz CT molecular complexity index is 1000. The van der Waals surface area contributed by atoms with E-state index >= 15 is 0 Å². The number of phenolic OH excluding ortho intramolecular Hbond substituents is 1. The van der Waals surface area contributed by atoms with Crippen LogP contribution in [0.25, 0.3) is 10.9 Å². The molecule has 0 saturated carbocycles. The number of nitrogens with zero attached hydrogens (tertiary/aromatic N) is 2. The number of phenols is 1. The van der Waals surface area contributed by atoms with Crippen LogP contribution in [0.4, 0.5) is 4.39 Å². The largest absolute Gasteiger partial charge is 0.505 e. The lowest BCUT2D eigenvalue weighted by Crippen LogP contribution is -2.23. The first-order valence-corrected chi connectivity index (χ1v) is 8.24. The van der Waals surface area contributed by atoms with Gasteiger partial charge in [-0.05, 0) is 34.9 Å². The summed E-state index contributed by atoms with van der Waals surface area (Å²) < 4.78 is 18.4. The number of carbonyl (C=O) groups is 1. The molecule has 0 fully saturated rings. The van der Waals surface area contributed by atoms with E-state index in [1.54, 1.807) is 36.4 Å². The van der Waals surface area contributed by atoms with Crippen molar-refractivity contribution in [3.63, 3.8) is 0 Å². The van der Waals surface area contributed by atoms with Crippen molar-refractivity contribution in [2.75, 3.05) is 7.11 Å². The normalized spacial score (nSPS) is 13.5. The van der Waals surface area contributed by atoms with E-state index in [2.05, 4.69) is 4.98 Å². The van der Waals surface area contributed by atoms with Crippen molar-refractivity contribution in [2.45, 2.75) is 19.7 Å². The van der Waals surface area contributed by atoms with E-state index in [1.165, 1.54) is 12.1 Å². The van der Waals surface area contributed by atoms with Crippen LogP contribution in [0.15, 0.2) is 42.6 Å². The molecular formula is C20H17FN2O3. The van der Waals surface area contributed by atoms with Gasteiger partial charge in [-0.25, -0.2) is 4.39 Å². The van der Waals surface area contributed by atoms with Gasteiger partial charge in [-0.1, -0.05) is 18.2 Å². The predicted molar refractivity (Wildman–Crippen MR) is 94.1 cm³/mol. The number of benzene rings is 2. The molecule has 132 valence electrons. The van der Waals surface area contributed by atoms with Gasteiger partial charge in [0.25, 0.3) is 5.91 Å². The van der Waals surface area contributed by atoms with Gasteiger partial charge in [-0.15, -0.1) is 0 Å². The SMILES string of the molecule is COCc1c2c(c(O)c3ncccc13)C(=O)N(Cc1ccc(F)cc1)C2. The lowest BCUT2D eigenvalue weighted by Gasteiger charge is -2.16. The number of pyridine rings is 1. The number of halogens is 1. The minimum Gasteiger partial charge on any atom is -0.505 e. The van der Waals surface area contributed by atoms with E-state index in [4.69, 9.17) is 4.74 Å². The first-order valence-electron chi connectivity index (χ1n) is 8.24. The number of fused-ring (bicyclic) bond motifs is 2. The van der Waals surface area contributed by atoms with E-state index < -0.39 is 0 Å². The van der Waals surface area contributed by atoms with Crippen LogP contribution in [-0.2, 0) is 24.4 Å². The van der Waals surface area contributed by atoms with Gasteiger partial charge in [0, 0.05) is 31.8 Å². The van der Waals surface area contributed by atoms with Gasteiger partial charge < -0.3 is 14.7 Å². The van der Waals surface area contributed by atoms with Crippen LogP contribution in [0.3, 0.4) is 0 Å². The molecule has 6 heteroatoms. The number of amides is 1. The van der Waals surface area contributed by atoms with Gasteiger partial charge in [0.05, 0.1) is 12.2 Å². The van der Waals surface area contributed by atoms with Gasteiger partial charge >= 0.3 is 0 Å². The molecule has 0 radical (unpaired) electrons. The number of hydrogen-bond acceptors (Lipinski definition) is 4. The summed E-state index contributed by atoms with van der Waals surface area (Å²) in [6.07, 6.45) is 1.58. The molecule has 0 aliphatic carbocycles. The molecule has 0 atom stereocenters. The van der Waals surface area contributed by atoms with E-state index in [0.717, 1.165) is 22.1 Å². The van der Waals surface area contributed by atoms with Crippen molar-refractivity contribution in [1.82, 2.24) is 9.88 Å². The molecule has 26 heavy (non-hydrogen) atoms. The number of aromatic nitrogens is 1. The van der Waals surface area contributed by atoms with E-state index in [-0.39, 0.29) is 23.0 Å². The summed E-state index contributed by atoms with van der Waals surface area (Å²) in [5.74, 6) is -0.670. The molecule has 2 heterocycles. The summed E-state index contributed by atoms with van der Waals surface area (Å²) in [6.45, 7) is 1.02. The molecule has 3 aromatic rings. The van der Waals surface area contributed by atoms with Crippen molar-refractivity contribution in [3.8, 4) is 5.75 Å². The first kappa shape index (κ1) is 16.5. The number of methoxy groups -OCH3 is 1. The molecule has 0 saturated heterocycles. The Morgan fingerprint density at radius 2 is 2.04 bits per heavy atom. The lowest BCUT2D eigenvalue weighted by atomic mass is 9.97. The second kappa shape index (κ2) is 6.38. The molecule has 5 nitrogen and oxygen atoms in total. The maximum Gasteiger partial charge on any atom is 0.258 e. The highest BCUT2D eigenvalue weighted by Crippen LogP contribution is 2.40. The molecule has 2 aromatic carbocycles. The monoisotopic (exact) mass is 352 g/mol. The van der Waals surface area contributed by atoms with Crippen LogP contribution >= 0.6 is 0 Å². The van der Waals surface area contributed by atoms with Gasteiger partial charge in [-0.3, -0.25) is 9.78 Å². The van der Waals surface area contributed by atoms with Crippen molar-refractivity contribution < 1.29 is 19.0 Å². The zero-order valence-corrected chi connectivity index (χ0v) is 14.2. The topological polar surface area (TPSA) is 62.7 Å². The fourth-order valence-corrected chi connectivity index (χ4v) is 3.49. The first-order chi connectivity index (χ1) is 12.6. The second-order valence-corrected chi connectivity index (χ2v) is 6.30. The lowest BCUT2D eigenvalue weighted by molar-refractivity contribution is 0.0764. The van der Waals surface area contributed by atoms with Gasteiger partial charge in [-0.2, -0.15) is 0 Å². The van der Waals surface area contributed by atoms with Crippen LogP contribution in [0, 0.1) is 5.82 Å². The van der Waals surface area contributed by atoms with E-state index in [0.29, 0.717) is 25.2 Å². The van der Waals surface area contributed by atoms with E-state index in [9.17, 15) is 14.3 Å². The minimum atomic E-state index is -0.317. The third-order valence-electron chi connectivity index (χ3n) is 4.69. The molecule has 0 bridgehead atoms. The van der Waals surface area contributed by atoms with Crippen LogP contribution in [-0.4, -0.2) is 28.0 Å². The number of carbonyl (C=O) groups excluding carboxylic acids is 1. The van der Waals surface area contributed by atoms with Gasteiger partial charge in [0.2, 0.25) is 0 Å². The molecule has 4 rings (SSSR count). The van der Waals surface area contributed by atoms with Crippen LogP contribution in [0.1, 0.15) is 27.0 Å². The summed E-state index contributed by atoms with van der Waals surface area (Å²) in [5.41, 5.74) is 3.12. The Morgan fingerprint density at radius 3 is 2.77 bits per heavy atom. The highest BCUT2D eigenvalue weighted by atomic mass is 19.1. The van der Waals surface area contributed by atoms with E-state index in [1.807, 2.05) is 6.07 Å². The Labute approximate surface area is 149 Å². The predicted octanol–water partition coefficient (Wildman–Crippen LogP) is 3.38. The highest BCUT2D eigenvalue weighted by molar-refractivity contribution is 6.07. The van der Waals surface area contributed by atoms with Gasteiger partial charge in [0.15, 0.2) is 5.75 Å². The third-order valence-corrected chi connectivity index (χ3v) is 4.69. The molecule has 0 unspecified atom stereocenters. The summed E-state index contributed by atoms with van der Waals surface area (Å²) in [5, 5.41) is 11.4. The molecule has 1 N–H and O–H groups in total. The van der Waals surface area contributed by atoms with Crippen molar-refractivity contribution in [2.24, 2.45) is 0 Å². The Balaban J connectivity index is 1.79. The summed E-state index contributed by atoms with van der Waals surface area (Å²) >= 11 is 0. The van der Waals surface area contributed by atoms with Crippen LogP contribution < -0.4 is 0 Å². The smallest absolute Gasteiger partial charge is 0.258 e. The van der Waals surface area contributed by atoms with Crippen LogP contribution in [0.2, 0.25) is 0 Å². The Morgan fingerprint density at radius 1 is 1.27 bits per heavy atom. The number of ether oxygens (including phenoxy) is 1. The fraction of sp³-hybridized carbons (Fsp3) is 0.200. The molecule has 1 aliphatic heterocycles. The number of rotatable bonds is 4. The summed E-state index contributed by atoms with van der Waals surface area (Å²) in [4.78, 5) is 18.8. The third kappa shape index (κ3) is 2.59. The maximum atomic E-state index is 13.1. The van der Waals surface area contributed by atoms with Gasteiger partial charge in [0.1, 0.15) is 11.3 Å². The van der Waals surface area contributed by atoms with Crippen molar-refractivity contribution in [1.29, 1.82) is 0 Å². The standard InChI is InChI=1S/C20H17FN2O3/c1-26-11-16-14-3-2-8-22-18(14)19(24)17-15(16)10-23(20(17)25)9-12-4-6-13(21)7-5-12/h2-8,24H,9-11H2,1H3. The Hall–Kier alpha value is -2.99. The molecule has 1 amide bonds. The fourth-order valence-electron chi connectivity index (χ4n) is 3.49. The molecular weight excluding hydrogens is 335 g/mol. The zero-order chi connectivity index (χ0) is 18.3. The number of aromatic hydroxyl groups is 1. The quantitative estimate of drug-likeness (QED) is 0.782. The second-order valence-electron chi connectivity index (χ2n) is 6.30. The average molecular weight is 352 g/mol. The summed E-state index contributed by atoms with van der Waals surface area (Å²) in [7, 11) is 1.59. The molecule has 0 spiro atoms. The van der Waals surface area contributed by atoms with Crippen LogP contribution in [0.5, 0.6) is 5.75 Å². The molecule has 1 aliphatic rings. The minimum absolute atomic E-state index is 0.0953. The average Bonchev–Trinajstić information content (AvgIpc) is 2.97. The van der Waals surface area contributed by atoms with Crippen molar-refractivity contribution in [3.05, 3.63) is 70.7 Å². The highest BCUT2D eigenvalue weighted by Gasteiger charge is 2.34. The molecule has 1 aromatic heterocycles. The Kier molecular flexibility index (Phi) is 4.05.